The molecule has 2 heterocycles. The second-order valence-electron chi connectivity index (χ2n) is 7.92. The summed E-state index contributed by atoms with van der Waals surface area (Å²) in [6, 6.07) is 4.13. The normalized spacial score (nSPS) is 19.3. The Kier molecular flexibility index (Phi) is 6.27. The highest BCUT2D eigenvalue weighted by Crippen LogP contribution is 2.23. The fourth-order valence-corrected chi connectivity index (χ4v) is 5.30. The zero-order valence-electron chi connectivity index (χ0n) is 17.0. The van der Waals surface area contributed by atoms with Gasteiger partial charge in [-0.2, -0.15) is 4.31 Å². The van der Waals surface area contributed by atoms with E-state index in [1.165, 1.54) is 29.6 Å². The summed E-state index contributed by atoms with van der Waals surface area (Å²) in [6.07, 6.45) is 0.498. The van der Waals surface area contributed by atoms with Crippen LogP contribution in [0.15, 0.2) is 32.7 Å². The predicted molar refractivity (Wildman–Crippen MR) is 110 cm³/mol. The topological polar surface area (TPSA) is 116 Å². The Morgan fingerprint density at radius 1 is 1.24 bits per heavy atom. The van der Waals surface area contributed by atoms with Crippen molar-refractivity contribution >= 4 is 20.9 Å². The van der Waals surface area contributed by atoms with Crippen LogP contribution in [0.2, 0.25) is 0 Å². The van der Waals surface area contributed by atoms with Crippen LogP contribution in [0.1, 0.15) is 20.3 Å². The van der Waals surface area contributed by atoms with E-state index in [9.17, 15) is 23.1 Å². The third kappa shape index (κ3) is 4.30. The fraction of sp³-hybridized carbons (Fsp3) is 0.579. The number of piperazine rings is 1. The number of aliphatic hydroxyl groups is 1. The standard InChI is InChI=1S/C19H28N4O5S/c1-13(2)11-22-7-8-23(12-14(22)6-9-24)29(27,28)15-4-5-17-16(10-15)18(25)21(3)19(26)20-17/h4-5,10,13-14,24H,6-9,11-12H2,1-3H3,(H,20,26). The maximum Gasteiger partial charge on any atom is 0.328 e. The monoisotopic (exact) mass is 424 g/mol. The van der Waals surface area contributed by atoms with Crippen LogP contribution in [0, 0.1) is 5.92 Å². The van der Waals surface area contributed by atoms with Gasteiger partial charge in [-0.15, -0.1) is 0 Å². The molecule has 1 aromatic heterocycles. The minimum Gasteiger partial charge on any atom is -0.396 e. The third-order valence-corrected chi connectivity index (χ3v) is 7.20. The average molecular weight is 425 g/mol. The number of aromatic amines is 1. The largest absolute Gasteiger partial charge is 0.396 e. The molecule has 0 aliphatic carbocycles. The van der Waals surface area contributed by atoms with Gasteiger partial charge in [-0.1, -0.05) is 13.8 Å². The Morgan fingerprint density at radius 3 is 2.62 bits per heavy atom. The highest BCUT2D eigenvalue weighted by Gasteiger charge is 2.34. The van der Waals surface area contributed by atoms with Crippen molar-refractivity contribution in [1.29, 1.82) is 0 Å². The Balaban J connectivity index is 1.94. The van der Waals surface area contributed by atoms with Crippen LogP contribution < -0.4 is 11.2 Å². The summed E-state index contributed by atoms with van der Waals surface area (Å²) in [6.45, 7) is 6.28. The number of sulfonamides is 1. The highest BCUT2D eigenvalue weighted by molar-refractivity contribution is 7.89. The molecule has 3 rings (SSSR count). The molecule has 0 bridgehead atoms. The van der Waals surface area contributed by atoms with E-state index >= 15 is 0 Å². The van der Waals surface area contributed by atoms with Gasteiger partial charge in [-0.05, 0) is 30.5 Å². The molecule has 1 unspecified atom stereocenters. The molecule has 2 N–H and O–H groups in total. The summed E-state index contributed by atoms with van der Waals surface area (Å²) in [5, 5.41) is 9.56. The summed E-state index contributed by atoms with van der Waals surface area (Å²) in [4.78, 5) is 29.0. The van der Waals surface area contributed by atoms with E-state index in [1.54, 1.807) is 0 Å². The zero-order chi connectivity index (χ0) is 21.3. The molecule has 1 atom stereocenters. The SMILES string of the molecule is CC(C)CN1CCN(S(=O)(=O)c2ccc3[nH]c(=O)n(C)c(=O)c3c2)CC1CCO. The second-order valence-corrected chi connectivity index (χ2v) is 9.86. The molecule has 9 nitrogen and oxygen atoms in total. The first kappa shape index (κ1) is 21.7. The van der Waals surface area contributed by atoms with E-state index in [4.69, 9.17) is 0 Å². The lowest BCUT2D eigenvalue weighted by Gasteiger charge is -2.41. The van der Waals surface area contributed by atoms with Crippen LogP contribution in [-0.2, 0) is 17.1 Å². The van der Waals surface area contributed by atoms with Gasteiger partial charge in [0.25, 0.3) is 5.56 Å². The number of H-pyrrole nitrogens is 1. The third-order valence-electron chi connectivity index (χ3n) is 5.34. The maximum atomic E-state index is 13.2. The van der Waals surface area contributed by atoms with E-state index in [0.29, 0.717) is 30.9 Å². The minimum atomic E-state index is -3.81. The fourth-order valence-electron chi connectivity index (χ4n) is 3.81. The Labute approximate surface area is 169 Å². The number of aliphatic hydroxyl groups excluding tert-OH is 1. The number of aromatic nitrogens is 2. The Morgan fingerprint density at radius 2 is 1.97 bits per heavy atom. The summed E-state index contributed by atoms with van der Waals surface area (Å²) in [7, 11) is -2.47. The molecule has 10 heteroatoms. The van der Waals surface area contributed by atoms with Crippen molar-refractivity contribution in [3.8, 4) is 0 Å². The second kappa shape index (κ2) is 8.39. The molecule has 1 aliphatic heterocycles. The van der Waals surface area contributed by atoms with Gasteiger partial charge in [0, 0.05) is 45.9 Å². The van der Waals surface area contributed by atoms with Gasteiger partial charge in [0.1, 0.15) is 0 Å². The molecule has 29 heavy (non-hydrogen) atoms. The number of nitrogens with zero attached hydrogens (tertiary/aromatic N) is 3. The Bertz CT molecular complexity index is 1110. The van der Waals surface area contributed by atoms with Gasteiger partial charge < -0.3 is 10.1 Å². The van der Waals surface area contributed by atoms with E-state index < -0.39 is 21.3 Å². The van der Waals surface area contributed by atoms with Crippen molar-refractivity contribution in [2.45, 2.75) is 31.2 Å². The van der Waals surface area contributed by atoms with Gasteiger partial charge in [-0.25, -0.2) is 13.2 Å². The van der Waals surface area contributed by atoms with Gasteiger partial charge in [0.2, 0.25) is 10.0 Å². The number of rotatable bonds is 6. The lowest BCUT2D eigenvalue weighted by molar-refractivity contribution is 0.0853. The van der Waals surface area contributed by atoms with Crippen LogP contribution in [0.5, 0.6) is 0 Å². The molecule has 1 aromatic carbocycles. The van der Waals surface area contributed by atoms with E-state index in [1.807, 2.05) is 0 Å². The number of fused-ring (bicyclic) bond motifs is 1. The molecule has 1 aliphatic rings. The van der Waals surface area contributed by atoms with Gasteiger partial charge in [0.15, 0.2) is 0 Å². The van der Waals surface area contributed by atoms with Crippen molar-refractivity contribution in [2.75, 3.05) is 32.8 Å². The van der Waals surface area contributed by atoms with Crippen molar-refractivity contribution in [2.24, 2.45) is 13.0 Å². The lowest BCUT2D eigenvalue weighted by Crippen LogP contribution is -2.55. The van der Waals surface area contributed by atoms with Crippen molar-refractivity contribution in [1.82, 2.24) is 18.8 Å². The van der Waals surface area contributed by atoms with Crippen LogP contribution >= 0.6 is 0 Å². The summed E-state index contributed by atoms with van der Waals surface area (Å²) < 4.78 is 28.8. The highest BCUT2D eigenvalue weighted by atomic mass is 32.2. The molecule has 160 valence electrons. The minimum absolute atomic E-state index is 0.00741. The van der Waals surface area contributed by atoms with Gasteiger partial charge in [0.05, 0.1) is 15.8 Å². The van der Waals surface area contributed by atoms with Crippen LogP contribution in [0.25, 0.3) is 10.9 Å². The number of hydrogen-bond acceptors (Lipinski definition) is 6. The summed E-state index contributed by atoms with van der Waals surface area (Å²) in [5.41, 5.74) is -0.788. The van der Waals surface area contributed by atoms with Gasteiger partial charge >= 0.3 is 5.69 Å². The van der Waals surface area contributed by atoms with Crippen LogP contribution in [-0.4, -0.2) is 71.1 Å². The van der Waals surface area contributed by atoms with Crippen LogP contribution in [0.4, 0.5) is 0 Å². The number of benzene rings is 1. The zero-order valence-corrected chi connectivity index (χ0v) is 17.8. The quantitative estimate of drug-likeness (QED) is 0.671. The van der Waals surface area contributed by atoms with Crippen LogP contribution in [0.3, 0.4) is 0 Å². The molecule has 2 aromatic rings. The maximum absolute atomic E-state index is 13.2. The molecule has 0 radical (unpaired) electrons. The summed E-state index contributed by atoms with van der Waals surface area (Å²) in [5.74, 6) is 0.443. The van der Waals surface area contributed by atoms with Crippen molar-refractivity contribution < 1.29 is 13.5 Å². The molecule has 0 saturated carbocycles. The number of hydrogen-bond donors (Lipinski definition) is 2. The van der Waals surface area contributed by atoms with Crippen molar-refractivity contribution in [3.05, 3.63) is 39.0 Å². The predicted octanol–water partition coefficient (Wildman–Crippen LogP) is -0.0599. The molecule has 0 spiro atoms. The van der Waals surface area contributed by atoms with E-state index in [2.05, 4.69) is 23.7 Å². The molecule has 1 saturated heterocycles. The molecular weight excluding hydrogens is 396 g/mol. The first-order valence-electron chi connectivity index (χ1n) is 9.73. The average Bonchev–Trinajstić information content (AvgIpc) is 2.67. The molecular formula is C19H28N4O5S. The van der Waals surface area contributed by atoms with Crippen molar-refractivity contribution in [3.63, 3.8) is 0 Å². The number of nitrogens with one attached hydrogen (secondary N) is 1. The smallest absolute Gasteiger partial charge is 0.328 e. The van der Waals surface area contributed by atoms with E-state index in [-0.39, 0.29) is 29.5 Å². The molecule has 1 fully saturated rings. The van der Waals surface area contributed by atoms with E-state index in [0.717, 1.165) is 11.1 Å². The molecule has 0 amide bonds. The Hall–Kier alpha value is -2.01. The summed E-state index contributed by atoms with van der Waals surface area (Å²) >= 11 is 0. The van der Waals surface area contributed by atoms with Gasteiger partial charge in [-0.3, -0.25) is 14.3 Å². The first-order valence-corrected chi connectivity index (χ1v) is 11.2. The lowest BCUT2D eigenvalue weighted by atomic mass is 10.1. The first-order chi connectivity index (χ1) is 13.6.